The van der Waals surface area contributed by atoms with E-state index in [2.05, 4.69) is 22.2 Å². The molecule has 3 heterocycles. The molecule has 0 radical (unpaired) electrons. The van der Waals surface area contributed by atoms with E-state index in [-0.39, 0.29) is 28.9 Å². The number of nitrogens with one attached hydrogen (secondary N) is 1. The highest BCUT2D eigenvalue weighted by Crippen LogP contribution is 2.39. The standard InChI is InChI=1S/C24H21F2N5O/c1-15-5-7-31(14-15)23-20(24(32)30-12-19-4-2-3-6-28-19)13-29-21(11-27)22(23)16-8-17(25)10-18(26)9-16/h2-4,6,8-10,13,15H,5,7,12,14H2,1H3,(H,30,32). The monoisotopic (exact) mass is 433 g/mol. The Morgan fingerprint density at radius 3 is 2.66 bits per heavy atom. The first-order valence-corrected chi connectivity index (χ1v) is 10.3. The molecule has 1 N–H and O–H groups in total. The van der Waals surface area contributed by atoms with Gasteiger partial charge in [0, 0.05) is 37.1 Å². The highest BCUT2D eigenvalue weighted by Gasteiger charge is 2.29. The predicted molar refractivity (Wildman–Crippen MR) is 116 cm³/mol. The number of halogens is 2. The molecule has 1 saturated heterocycles. The molecule has 1 fully saturated rings. The van der Waals surface area contributed by atoms with Crippen molar-refractivity contribution in [2.24, 2.45) is 5.92 Å². The lowest BCUT2D eigenvalue weighted by molar-refractivity contribution is 0.0950. The van der Waals surface area contributed by atoms with Crippen LogP contribution in [0.3, 0.4) is 0 Å². The van der Waals surface area contributed by atoms with E-state index in [4.69, 9.17) is 0 Å². The molecule has 0 saturated carbocycles. The second-order valence-corrected chi connectivity index (χ2v) is 7.86. The Hall–Kier alpha value is -3.86. The molecule has 1 aromatic carbocycles. The molecule has 2 aromatic heterocycles. The second-order valence-electron chi connectivity index (χ2n) is 7.86. The molecule has 32 heavy (non-hydrogen) atoms. The van der Waals surface area contributed by atoms with Crippen molar-refractivity contribution in [1.29, 1.82) is 5.26 Å². The molecule has 0 bridgehead atoms. The van der Waals surface area contributed by atoms with Crippen molar-refractivity contribution in [1.82, 2.24) is 15.3 Å². The number of aromatic nitrogens is 2. The number of nitriles is 1. The van der Waals surface area contributed by atoms with Crippen molar-refractivity contribution in [3.05, 3.63) is 77.4 Å². The molecule has 8 heteroatoms. The molecule has 4 rings (SSSR count). The first-order valence-electron chi connectivity index (χ1n) is 10.3. The van der Waals surface area contributed by atoms with E-state index in [0.29, 0.717) is 30.4 Å². The summed E-state index contributed by atoms with van der Waals surface area (Å²) in [4.78, 5) is 23.5. The van der Waals surface area contributed by atoms with Crippen molar-refractivity contribution < 1.29 is 13.6 Å². The van der Waals surface area contributed by atoms with Crippen molar-refractivity contribution in [2.75, 3.05) is 18.0 Å². The Balaban J connectivity index is 1.83. The Labute approximate surface area is 184 Å². The van der Waals surface area contributed by atoms with Gasteiger partial charge < -0.3 is 10.2 Å². The highest BCUT2D eigenvalue weighted by atomic mass is 19.1. The van der Waals surface area contributed by atoms with E-state index in [9.17, 15) is 18.8 Å². The SMILES string of the molecule is CC1CCN(c2c(C(=O)NCc3ccccn3)cnc(C#N)c2-c2cc(F)cc(F)c2)C1. The number of carbonyl (C=O) groups is 1. The van der Waals surface area contributed by atoms with Gasteiger partial charge in [-0.05, 0) is 42.2 Å². The minimum absolute atomic E-state index is 0.00540. The lowest BCUT2D eigenvalue weighted by Gasteiger charge is -2.25. The summed E-state index contributed by atoms with van der Waals surface area (Å²) < 4.78 is 28.1. The zero-order valence-corrected chi connectivity index (χ0v) is 17.5. The van der Waals surface area contributed by atoms with Gasteiger partial charge in [-0.1, -0.05) is 13.0 Å². The molecule has 0 spiro atoms. The first-order chi connectivity index (χ1) is 15.5. The number of amides is 1. The van der Waals surface area contributed by atoms with Gasteiger partial charge in [0.25, 0.3) is 5.91 Å². The number of rotatable bonds is 5. The molecule has 162 valence electrons. The van der Waals surface area contributed by atoms with Crippen LogP contribution >= 0.6 is 0 Å². The number of nitrogens with zero attached hydrogens (tertiary/aromatic N) is 4. The van der Waals surface area contributed by atoms with Crippen molar-refractivity contribution in [2.45, 2.75) is 19.9 Å². The molecule has 3 aromatic rings. The minimum Gasteiger partial charge on any atom is -0.370 e. The molecule has 1 unspecified atom stereocenters. The van der Waals surface area contributed by atoms with Crippen LogP contribution in [0.15, 0.2) is 48.8 Å². The van der Waals surface area contributed by atoms with Gasteiger partial charge in [-0.2, -0.15) is 5.26 Å². The maximum atomic E-state index is 14.0. The molecular weight excluding hydrogens is 412 g/mol. The maximum absolute atomic E-state index is 14.0. The Morgan fingerprint density at radius 1 is 1.25 bits per heavy atom. The van der Waals surface area contributed by atoms with Crippen LogP contribution in [0.4, 0.5) is 14.5 Å². The van der Waals surface area contributed by atoms with E-state index in [1.165, 1.54) is 6.20 Å². The smallest absolute Gasteiger partial charge is 0.255 e. The third-order valence-electron chi connectivity index (χ3n) is 5.45. The average molecular weight is 433 g/mol. The number of carbonyl (C=O) groups excluding carboxylic acids is 1. The average Bonchev–Trinajstić information content (AvgIpc) is 3.22. The molecule has 1 aliphatic rings. The molecule has 1 aliphatic heterocycles. The Kier molecular flexibility index (Phi) is 6.08. The Bertz CT molecular complexity index is 1170. The molecular formula is C24H21F2N5O. The molecule has 1 amide bonds. The summed E-state index contributed by atoms with van der Waals surface area (Å²) in [6.45, 7) is 3.61. The van der Waals surface area contributed by atoms with Crippen LogP contribution in [0.5, 0.6) is 0 Å². The quantitative estimate of drug-likeness (QED) is 0.656. The second kappa shape index (κ2) is 9.10. The summed E-state index contributed by atoms with van der Waals surface area (Å²) in [5.74, 6) is -1.57. The fourth-order valence-corrected chi connectivity index (χ4v) is 3.96. The van der Waals surface area contributed by atoms with E-state index >= 15 is 0 Å². The number of hydrogen-bond acceptors (Lipinski definition) is 5. The van der Waals surface area contributed by atoms with Crippen LogP contribution in [0.1, 0.15) is 35.1 Å². The normalized spacial score (nSPS) is 15.4. The number of benzene rings is 1. The maximum Gasteiger partial charge on any atom is 0.255 e. The Morgan fingerprint density at radius 2 is 2.03 bits per heavy atom. The van der Waals surface area contributed by atoms with Crippen LogP contribution in [0, 0.1) is 28.9 Å². The van der Waals surface area contributed by atoms with Gasteiger partial charge in [0.05, 0.1) is 23.5 Å². The van der Waals surface area contributed by atoms with Crippen LogP contribution in [0.2, 0.25) is 0 Å². The summed E-state index contributed by atoms with van der Waals surface area (Å²) in [7, 11) is 0. The summed E-state index contributed by atoms with van der Waals surface area (Å²) >= 11 is 0. The lowest BCUT2D eigenvalue weighted by Crippen LogP contribution is -2.29. The lowest BCUT2D eigenvalue weighted by atomic mass is 9.97. The first kappa shape index (κ1) is 21.4. The summed E-state index contributed by atoms with van der Waals surface area (Å²) in [6.07, 6.45) is 3.89. The van der Waals surface area contributed by atoms with Crippen molar-refractivity contribution in [3.63, 3.8) is 0 Å². The molecule has 6 nitrogen and oxygen atoms in total. The molecule has 1 atom stereocenters. The van der Waals surface area contributed by atoms with E-state index < -0.39 is 17.5 Å². The fraction of sp³-hybridized carbons (Fsp3) is 0.250. The van der Waals surface area contributed by atoms with Gasteiger partial charge in [-0.15, -0.1) is 0 Å². The third kappa shape index (κ3) is 4.42. The summed E-state index contributed by atoms with van der Waals surface area (Å²) in [5, 5.41) is 12.5. The van der Waals surface area contributed by atoms with Gasteiger partial charge in [0.2, 0.25) is 0 Å². The van der Waals surface area contributed by atoms with Gasteiger partial charge in [0.1, 0.15) is 23.4 Å². The highest BCUT2D eigenvalue weighted by molar-refractivity contribution is 6.04. The third-order valence-corrected chi connectivity index (χ3v) is 5.45. The van der Waals surface area contributed by atoms with Gasteiger partial charge in [0.15, 0.2) is 0 Å². The van der Waals surface area contributed by atoms with Crippen molar-refractivity contribution >= 4 is 11.6 Å². The number of anilines is 1. The topological polar surface area (TPSA) is 81.9 Å². The zero-order chi connectivity index (χ0) is 22.7. The number of hydrogen-bond donors (Lipinski definition) is 1. The summed E-state index contributed by atoms with van der Waals surface area (Å²) in [6, 6.07) is 10.5. The van der Waals surface area contributed by atoms with Gasteiger partial charge in [-0.25, -0.2) is 13.8 Å². The van der Waals surface area contributed by atoms with Crippen LogP contribution < -0.4 is 10.2 Å². The largest absolute Gasteiger partial charge is 0.370 e. The van der Waals surface area contributed by atoms with Gasteiger partial charge >= 0.3 is 0 Å². The van der Waals surface area contributed by atoms with Gasteiger partial charge in [-0.3, -0.25) is 9.78 Å². The van der Waals surface area contributed by atoms with E-state index in [0.717, 1.165) is 24.6 Å². The van der Waals surface area contributed by atoms with Crippen LogP contribution in [-0.2, 0) is 6.54 Å². The van der Waals surface area contributed by atoms with Crippen molar-refractivity contribution in [3.8, 4) is 17.2 Å². The number of pyridine rings is 2. The zero-order valence-electron chi connectivity index (χ0n) is 17.5. The molecule has 0 aliphatic carbocycles. The summed E-state index contributed by atoms with van der Waals surface area (Å²) in [5.41, 5.74) is 1.82. The van der Waals surface area contributed by atoms with E-state index in [1.807, 2.05) is 17.0 Å². The minimum atomic E-state index is -0.769. The van der Waals surface area contributed by atoms with E-state index in [1.54, 1.807) is 18.3 Å². The predicted octanol–water partition coefficient (Wildman–Crippen LogP) is 4.07. The van der Waals surface area contributed by atoms with Crippen LogP contribution in [-0.4, -0.2) is 29.0 Å². The fourth-order valence-electron chi connectivity index (χ4n) is 3.96. The van der Waals surface area contributed by atoms with Crippen LogP contribution in [0.25, 0.3) is 11.1 Å².